The number of hydrazine groups is 1. The van der Waals surface area contributed by atoms with Gasteiger partial charge in [0.05, 0.1) is 46.2 Å². The second-order valence-electron chi connectivity index (χ2n) is 14.6. The number of hydrogen-bond donors (Lipinski definition) is 1. The Morgan fingerprint density at radius 2 is 1.39 bits per heavy atom. The zero-order valence-electron chi connectivity index (χ0n) is 30.9. The van der Waals surface area contributed by atoms with Gasteiger partial charge in [0, 0.05) is 38.9 Å². The molecule has 51 heavy (non-hydrogen) atoms. The summed E-state index contributed by atoms with van der Waals surface area (Å²) < 4.78 is 44.2. The molecule has 8 nitrogen and oxygen atoms in total. The number of rotatable bonds is 16. The summed E-state index contributed by atoms with van der Waals surface area (Å²) in [4.78, 5) is 1.69. The molecule has 1 N–H and O–H groups in total. The smallest absolute Gasteiger partial charge is 0.371 e. The zero-order valence-corrected chi connectivity index (χ0v) is 30.9. The Morgan fingerprint density at radius 1 is 0.843 bits per heavy atom. The average molecular weight is 704 g/mol. The maximum atomic E-state index is 12.6. The van der Waals surface area contributed by atoms with E-state index in [1.54, 1.807) is 29.2 Å². The van der Waals surface area contributed by atoms with Crippen molar-refractivity contribution in [3.8, 4) is 0 Å². The summed E-state index contributed by atoms with van der Waals surface area (Å²) in [6.45, 7) is 14.2. The minimum absolute atomic E-state index is 0.0842. The van der Waals surface area contributed by atoms with Crippen molar-refractivity contribution in [3.63, 3.8) is 0 Å². The highest BCUT2D eigenvalue weighted by atomic mass is 19.4. The van der Waals surface area contributed by atoms with Crippen molar-refractivity contribution in [1.29, 1.82) is 0 Å². The molecule has 0 spiro atoms. The summed E-state index contributed by atoms with van der Waals surface area (Å²) >= 11 is 0. The van der Waals surface area contributed by atoms with Crippen LogP contribution in [0.1, 0.15) is 67.2 Å². The number of halogens is 3. The molecule has 1 aliphatic carbocycles. The summed E-state index contributed by atoms with van der Waals surface area (Å²) in [5.74, 6) is 0.628. The number of nitrogens with one attached hydrogen (secondary N) is 1. The van der Waals surface area contributed by atoms with Crippen molar-refractivity contribution in [2.75, 3.05) is 42.1 Å². The van der Waals surface area contributed by atoms with Crippen LogP contribution in [0.4, 0.5) is 47.3 Å². The first-order chi connectivity index (χ1) is 24.1. The maximum absolute atomic E-state index is 12.6. The first kappa shape index (κ1) is 39.3. The van der Waals surface area contributed by atoms with E-state index in [1.165, 1.54) is 6.42 Å². The van der Waals surface area contributed by atoms with E-state index >= 15 is 0 Å². The van der Waals surface area contributed by atoms with Crippen molar-refractivity contribution in [3.05, 3.63) is 96.7 Å². The Kier molecular flexibility index (Phi) is 13.6. The second-order valence-corrected chi connectivity index (χ2v) is 14.6. The fourth-order valence-corrected chi connectivity index (χ4v) is 5.82. The minimum Gasteiger partial charge on any atom is -0.371 e. The molecule has 0 fully saturated rings. The molecule has 0 aromatic heterocycles. The number of anilines is 3. The molecule has 0 saturated heterocycles. The zero-order chi connectivity index (χ0) is 37.1. The molecule has 0 amide bonds. The van der Waals surface area contributed by atoms with Crippen LogP contribution in [0.3, 0.4) is 0 Å². The number of nitrogens with zero attached hydrogens (tertiary/aromatic N) is 6. The number of azo groups is 2. The third-order valence-corrected chi connectivity index (χ3v) is 8.55. The quantitative estimate of drug-likeness (QED) is 0.119. The van der Waals surface area contributed by atoms with Crippen LogP contribution >= 0.6 is 0 Å². The molecular formula is C40H52F3N7O. The molecule has 0 radical (unpaired) electrons. The van der Waals surface area contributed by atoms with Gasteiger partial charge in [0.25, 0.3) is 0 Å². The molecule has 2 unspecified atom stereocenters. The van der Waals surface area contributed by atoms with E-state index in [0.717, 1.165) is 47.9 Å². The lowest BCUT2D eigenvalue weighted by Crippen LogP contribution is -2.28. The lowest BCUT2D eigenvalue weighted by atomic mass is 9.84. The molecule has 0 aliphatic heterocycles. The van der Waals surface area contributed by atoms with Gasteiger partial charge in [-0.15, -0.1) is 0 Å². The van der Waals surface area contributed by atoms with Gasteiger partial charge in [0.2, 0.25) is 0 Å². The maximum Gasteiger partial charge on any atom is 0.390 e. The van der Waals surface area contributed by atoms with E-state index in [9.17, 15) is 13.2 Å². The third kappa shape index (κ3) is 13.6. The van der Waals surface area contributed by atoms with Crippen LogP contribution in [0.2, 0.25) is 0 Å². The second kappa shape index (κ2) is 17.6. The summed E-state index contributed by atoms with van der Waals surface area (Å²) in [6.07, 6.45) is 4.11. The molecule has 4 rings (SSSR count). The van der Waals surface area contributed by atoms with Crippen LogP contribution in [0.25, 0.3) is 0 Å². The Hall–Kier alpha value is -4.51. The predicted octanol–water partition coefficient (Wildman–Crippen LogP) is 12.5. The highest BCUT2D eigenvalue weighted by Gasteiger charge is 2.28. The van der Waals surface area contributed by atoms with Crippen LogP contribution in [-0.2, 0) is 4.74 Å². The summed E-state index contributed by atoms with van der Waals surface area (Å²) in [5.41, 5.74) is 8.76. The van der Waals surface area contributed by atoms with Crippen LogP contribution in [-0.4, -0.2) is 38.5 Å². The number of ether oxygens (including phenoxy) is 1. The van der Waals surface area contributed by atoms with E-state index in [4.69, 9.17) is 4.74 Å². The minimum atomic E-state index is -4.18. The Bertz CT molecular complexity index is 1640. The standard InChI is InChI=1S/C40H52F3N7O/c1-8-50(27-26-40(41,42)43)37-19-15-33(16-20-37)45-44-31-9-11-35(12-10-31)48-49(7)36-17-13-32(14-18-36)46-47-34-21-24-39(6,25-22-34)51-28-23-30(2)29-38(3,4)5/h9-22,24,30,48H,8,23,25-29H2,1-7H3/b45-44+,47-46+. The molecule has 1 aliphatic rings. The van der Waals surface area contributed by atoms with Crippen molar-refractivity contribution in [2.24, 2.45) is 31.8 Å². The Morgan fingerprint density at radius 3 is 1.90 bits per heavy atom. The monoisotopic (exact) mass is 703 g/mol. The summed E-state index contributed by atoms with van der Waals surface area (Å²) in [6, 6.07) is 22.3. The van der Waals surface area contributed by atoms with Gasteiger partial charge >= 0.3 is 6.18 Å². The molecule has 11 heteroatoms. The lowest BCUT2D eigenvalue weighted by molar-refractivity contribution is -0.132. The largest absolute Gasteiger partial charge is 0.390 e. The molecule has 274 valence electrons. The van der Waals surface area contributed by atoms with Gasteiger partial charge < -0.3 is 9.64 Å². The van der Waals surface area contributed by atoms with E-state index in [1.807, 2.05) is 73.6 Å². The van der Waals surface area contributed by atoms with Gasteiger partial charge in [-0.25, -0.2) is 0 Å². The SMILES string of the molecule is CCN(CCC(F)(F)F)c1ccc(/N=N/c2ccc(NN(C)c3ccc(/N=N/C4=CCC(C)(OCCC(C)CC(C)(C)C)C=C4)cc3)cc2)cc1. The first-order valence-electron chi connectivity index (χ1n) is 17.6. The van der Waals surface area contributed by atoms with Gasteiger partial charge in [-0.3, -0.25) is 10.4 Å². The van der Waals surface area contributed by atoms with Gasteiger partial charge in [0.15, 0.2) is 0 Å². The van der Waals surface area contributed by atoms with Crippen molar-refractivity contribution in [2.45, 2.75) is 79.0 Å². The predicted molar refractivity (Wildman–Crippen MR) is 203 cm³/mol. The Balaban J connectivity index is 1.22. The van der Waals surface area contributed by atoms with Crippen LogP contribution < -0.4 is 15.3 Å². The molecule has 3 aromatic carbocycles. The molecule has 3 aromatic rings. The average Bonchev–Trinajstić information content (AvgIpc) is 3.07. The normalized spacial score (nSPS) is 17.2. The van der Waals surface area contributed by atoms with Crippen molar-refractivity contribution < 1.29 is 17.9 Å². The number of alkyl halides is 3. The van der Waals surface area contributed by atoms with Crippen LogP contribution in [0, 0.1) is 11.3 Å². The van der Waals surface area contributed by atoms with Crippen molar-refractivity contribution in [1.82, 2.24) is 0 Å². The summed E-state index contributed by atoms with van der Waals surface area (Å²) in [7, 11) is 1.93. The van der Waals surface area contributed by atoms with E-state index in [2.05, 4.69) is 72.7 Å². The van der Waals surface area contributed by atoms with Gasteiger partial charge in [0.1, 0.15) is 0 Å². The molecule has 0 bridgehead atoms. The number of allylic oxidation sites excluding steroid dienone is 1. The van der Waals surface area contributed by atoms with E-state index in [-0.39, 0.29) is 12.1 Å². The number of benzene rings is 3. The first-order valence-corrected chi connectivity index (χ1v) is 17.6. The van der Waals surface area contributed by atoms with Crippen molar-refractivity contribution >= 4 is 34.1 Å². The van der Waals surface area contributed by atoms with Crippen LogP contribution in [0.5, 0.6) is 0 Å². The highest BCUT2D eigenvalue weighted by molar-refractivity contribution is 5.59. The highest BCUT2D eigenvalue weighted by Crippen LogP contribution is 2.30. The molecule has 2 atom stereocenters. The van der Waals surface area contributed by atoms with E-state index in [0.29, 0.717) is 29.3 Å². The lowest BCUT2D eigenvalue weighted by Gasteiger charge is -2.29. The molecular weight excluding hydrogens is 651 g/mol. The number of hydrogen-bond acceptors (Lipinski definition) is 8. The van der Waals surface area contributed by atoms with Gasteiger partial charge in [-0.2, -0.15) is 33.6 Å². The Labute approximate surface area is 301 Å². The van der Waals surface area contributed by atoms with Crippen LogP contribution in [0.15, 0.2) is 117 Å². The fourth-order valence-electron chi connectivity index (χ4n) is 5.82. The van der Waals surface area contributed by atoms with Gasteiger partial charge in [-0.1, -0.05) is 39.8 Å². The fraction of sp³-hybridized carbons (Fsp3) is 0.450. The molecule has 0 heterocycles. The molecule has 0 saturated carbocycles. The van der Waals surface area contributed by atoms with E-state index < -0.39 is 12.6 Å². The van der Waals surface area contributed by atoms with Gasteiger partial charge in [-0.05, 0) is 117 Å². The third-order valence-electron chi connectivity index (χ3n) is 8.55. The topological polar surface area (TPSA) is 77.2 Å². The summed E-state index contributed by atoms with van der Waals surface area (Å²) in [5, 5.41) is 19.4.